The zero-order chi connectivity index (χ0) is 15.6. The molecule has 2 aromatic rings. The van der Waals surface area contributed by atoms with Crippen LogP contribution < -0.4 is 5.73 Å². The third-order valence-electron chi connectivity index (χ3n) is 2.84. The van der Waals surface area contributed by atoms with Gasteiger partial charge in [-0.2, -0.15) is 0 Å². The van der Waals surface area contributed by atoms with Crippen molar-refractivity contribution in [3.63, 3.8) is 0 Å². The maximum Gasteiger partial charge on any atom is 0.244 e. The average Bonchev–Trinajstić information content (AvgIpc) is 2.43. The Bertz CT molecular complexity index is 761. The second kappa shape index (κ2) is 6.39. The van der Waals surface area contributed by atoms with E-state index in [9.17, 15) is 8.42 Å². The van der Waals surface area contributed by atoms with Gasteiger partial charge in [-0.25, -0.2) is 12.7 Å². The predicted molar refractivity (Wildman–Crippen MR) is 90.0 cm³/mol. The van der Waals surface area contributed by atoms with E-state index in [1.165, 1.54) is 31.9 Å². The quantitative estimate of drug-likeness (QED) is 0.817. The van der Waals surface area contributed by atoms with Gasteiger partial charge in [-0.15, -0.1) is 0 Å². The second-order valence-electron chi connectivity index (χ2n) is 4.49. The summed E-state index contributed by atoms with van der Waals surface area (Å²) >= 11 is 4.90. The van der Waals surface area contributed by atoms with Gasteiger partial charge < -0.3 is 5.73 Å². The van der Waals surface area contributed by atoms with Gasteiger partial charge in [0.2, 0.25) is 10.0 Å². The lowest BCUT2D eigenvalue weighted by Gasteiger charge is -2.15. The molecule has 2 N–H and O–H groups in total. The van der Waals surface area contributed by atoms with Crippen LogP contribution in [0.5, 0.6) is 0 Å². The van der Waals surface area contributed by atoms with Gasteiger partial charge in [0.15, 0.2) is 0 Å². The molecule has 112 valence electrons. The molecule has 0 spiro atoms. The van der Waals surface area contributed by atoms with Crippen LogP contribution >= 0.6 is 27.7 Å². The van der Waals surface area contributed by atoms with Crippen LogP contribution in [0.15, 0.2) is 61.6 Å². The minimum atomic E-state index is -3.55. The van der Waals surface area contributed by atoms with Gasteiger partial charge in [-0.3, -0.25) is 0 Å². The molecule has 0 heterocycles. The maximum absolute atomic E-state index is 12.3. The molecule has 21 heavy (non-hydrogen) atoms. The summed E-state index contributed by atoms with van der Waals surface area (Å²) in [4.78, 5) is 1.82. The summed E-state index contributed by atoms with van der Waals surface area (Å²) in [5.41, 5.74) is 6.33. The number of anilines is 1. The van der Waals surface area contributed by atoms with Crippen molar-refractivity contribution in [2.75, 3.05) is 19.8 Å². The smallest absolute Gasteiger partial charge is 0.244 e. The lowest BCUT2D eigenvalue weighted by Crippen LogP contribution is -2.23. The molecule has 0 bridgehead atoms. The Morgan fingerprint density at radius 3 is 2.29 bits per heavy atom. The molecule has 2 rings (SSSR count). The summed E-state index contributed by atoms with van der Waals surface area (Å²) in [5.74, 6) is 0. The fraction of sp³-hybridized carbons (Fsp3) is 0.143. The number of halogens is 1. The number of nitrogens with zero attached hydrogens (tertiary/aromatic N) is 1. The number of hydrogen-bond acceptors (Lipinski definition) is 4. The standard InChI is InChI=1S/C14H15BrN2O2S2/c1-17(2)21(18,19)13-9-5-8-12(14(13)16)20-11-7-4-3-6-10(11)15/h3-9H,16H2,1-2H3. The maximum atomic E-state index is 12.3. The van der Waals surface area contributed by atoms with Crippen molar-refractivity contribution >= 4 is 43.4 Å². The molecule has 0 aliphatic rings. The zero-order valence-electron chi connectivity index (χ0n) is 11.6. The van der Waals surface area contributed by atoms with E-state index in [2.05, 4.69) is 15.9 Å². The number of hydrogen-bond donors (Lipinski definition) is 1. The van der Waals surface area contributed by atoms with Crippen molar-refractivity contribution in [1.82, 2.24) is 4.31 Å². The first-order valence-electron chi connectivity index (χ1n) is 6.07. The first-order chi connectivity index (χ1) is 9.84. The van der Waals surface area contributed by atoms with Gasteiger partial charge in [-0.05, 0) is 40.2 Å². The van der Waals surface area contributed by atoms with Crippen molar-refractivity contribution in [3.05, 3.63) is 46.9 Å². The normalized spacial score (nSPS) is 11.8. The Balaban J connectivity index is 2.47. The van der Waals surface area contributed by atoms with Gasteiger partial charge in [-0.1, -0.05) is 30.0 Å². The van der Waals surface area contributed by atoms with Crippen LogP contribution in [-0.4, -0.2) is 26.8 Å². The fourth-order valence-electron chi connectivity index (χ4n) is 1.68. The average molecular weight is 387 g/mol. The molecule has 4 nitrogen and oxygen atoms in total. The monoisotopic (exact) mass is 386 g/mol. The molecule has 0 radical (unpaired) electrons. The van der Waals surface area contributed by atoms with E-state index in [-0.39, 0.29) is 10.6 Å². The van der Waals surface area contributed by atoms with Gasteiger partial charge in [0.1, 0.15) is 4.90 Å². The minimum Gasteiger partial charge on any atom is -0.397 e. The van der Waals surface area contributed by atoms with Gasteiger partial charge in [0.25, 0.3) is 0 Å². The van der Waals surface area contributed by atoms with Gasteiger partial charge in [0.05, 0.1) is 5.69 Å². The highest BCUT2D eigenvalue weighted by atomic mass is 79.9. The van der Waals surface area contributed by atoms with Crippen LogP contribution in [0.1, 0.15) is 0 Å². The third kappa shape index (κ3) is 3.42. The highest BCUT2D eigenvalue weighted by Gasteiger charge is 2.22. The molecule has 0 amide bonds. The molecule has 2 aromatic carbocycles. The molecule has 0 fully saturated rings. The molecule has 0 aliphatic heterocycles. The summed E-state index contributed by atoms with van der Waals surface area (Å²) in [5, 5.41) is 0. The molecular weight excluding hydrogens is 372 g/mol. The van der Waals surface area contributed by atoms with Crippen molar-refractivity contribution in [3.8, 4) is 0 Å². The predicted octanol–water partition coefficient (Wildman–Crippen LogP) is 3.43. The summed E-state index contributed by atoms with van der Waals surface area (Å²) < 4.78 is 26.6. The summed E-state index contributed by atoms with van der Waals surface area (Å²) in [6, 6.07) is 12.8. The van der Waals surface area contributed by atoms with Crippen molar-refractivity contribution in [1.29, 1.82) is 0 Å². The summed E-state index contributed by atoms with van der Waals surface area (Å²) in [6.07, 6.45) is 0. The summed E-state index contributed by atoms with van der Waals surface area (Å²) in [6.45, 7) is 0. The van der Waals surface area contributed by atoms with Gasteiger partial charge in [0, 0.05) is 28.4 Å². The Kier molecular flexibility index (Phi) is 4.98. The Morgan fingerprint density at radius 2 is 1.67 bits per heavy atom. The lowest BCUT2D eigenvalue weighted by atomic mass is 10.3. The molecule has 0 aromatic heterocycles. The van der Waals surface area contributed by atoms with E-state index in [1.54, 1.807) is 6.07 Å². The number of para-hydroxylation sites is 1. The fourth-order valence-corrected chi connectivity index (χ4v) is 4.22. The van der Waals surface area contributed by atoms with Crippen LogP contribution in [0.3, 0.4) is 0 Å². The number of nitrogen functional groups attached to an aromatic ring is 1. The minimum absolute atomic E-state index is 0.129. The molecule has 7 heteroatoms. The van der Waals surface area contributed by atoms with E-state index in [4.69, 9.17) is 5.73 Å². The zero-order valence-corrected chi connectivity index (χ0v) is 14.8. The van der Waals surface area contributed by atoms with Gasteiger partial charge >= 0.3 is 0 Å². The third-order valence-corrected chi connectivity index (χ3v) is 6.82. The van der Waals surface area contributed by atoms with Crippen LogP contribution in [-0.2, 0) is 10.0 Å². The van der Waals surface area contributed by atoms with E-state index < -0.39 is 10.0 Å². The van der Waals surface area contributed by atoms with Crippen LogP contribution in [0, 0.1) is 0 Å². The number of sulfonamides is 1. The SMILES string of the molecule is CN(C)S(=O)(=O)c1cccc(Sc2ccccc2Br)c1N. The molecule has 0 aliphatic carbocycles. The van der Waals surface area contributed by atoms with E-state index in [1.807, 2.05) is 30.3 Å². The van der Waals surface area contributed by atoms with Crippen LogP contribution in [0.4, 0.5) is 5.69 Å². The Hall–Kier alpha value is -1.02. The Morgan fingerprint density at radius 1 is 1.05 bits per heavy atom. The molecular formula is C14H15BrN2O2S2. The molecule has 0 atom stereocenters. The van der Waals surface area contributed by atoms with E-state index in [0.29, 0.717) is 4.90 Å². The highest BCUT2D eigenvalue weighted by molar-refractivity contribution is 9.10. The topological polar surface area (TPSA) is 63.4 Å². The largest absolute Gasteiger partial charge is 0.397 e. The number of benzene rings is 2. The Labute approximate surface area is 137 Å². The first-order valence-corrected chi connectivity index (χ1v) is 9.12. The molecule has 0 saturated heterocycles. The molecule has 0 saturated carbocycles. The van der Waals surface area contributed by atoms with E-state index >= 15 is 0 Å². The van der Waals surface area contributed by atoms with Crippen LogP contribution in [0.25, 0.3) is 0 Å². The summed E-state index contributed by atoms with van der Waals surface area (Å²) in [7, 11) is -0.572. The van der Waals surface area contributed by atoms with E-state index in [0.717, 1.165) is 13.7 Å². The first kappa shape index (κ1) is 16.4. The highest BCUT2D eigenvalue weighted by Crippen LogP contribution is 2.38. The second-order valence-corrected chi connectivity index (χ2v) is 8.55. The van der Waals surface area contributed by atoms with Crippen LogP contribution in [0.2, 0.25) is 0 Å². The van der Waals surface area contributed by atoms with Crippen molar-refractivity contribution in [2.45, 2.75) is 14.7 Å². The number of rotatable bonds is 4. The van der Waals surface area contributed by atoms with Crippen molar-refractivity contribution < 1.29 is 8.42 Å². The number of nitrogens with two attached hydrogens (primary N) is 1. The lowest BCUT2D eigenvalue weighted by molar-refractivity contribution is 0.521. The van der Waals surface area contributed by atoms with Crippen molar-refractivity contribution in [2.24, 2.45) is 0 Å². The molecule has 0 unspecified atom stereocenters.